The highest BCUT2D eigenvalue weighted by Crippen LogP contribution is 2.47. The van der Waals surface area contributed by atoms with Gasteiger partial charge in [-0.1, -0.05) is 172 Å². The van der Waals surface area contributed by atoms with Gasteiger partial charge in [-0.3, -0.25) is 0 Å². The highest BCUT2D eigenvalue weighted by Gasteiger charge is 2.35. The molecule has 2 aliphatic rings. The molecule has 2 saturated heterocycles. The first-order chi connectivity index (χ1) is 28.4. The predicted molar refractivity (Wildman–Crippen MR) is 269 cm³/mol. The summed E-state index contributed by atoms with van der Waals surface area (Å²) in [6.45, 7) is 2.30. The number of hydrogen-bond acceptors (Lipinski definition) is 9. The van der Waals surface area contributed by atoms with Crippen LogP contribution in [0.5, 0.6) is 17.2 Å². The fourth-order valence-corrected chi connectivity index (χ4v) is 12.6. The average molecular weight is 913 g/mol. The topological polar surface area (TPSA) is 116 Å². The summed E-state index contributed by atoms with van der Waals surface area (Å²) in [6, 6.07) is 48.9. The average Bonchev–Trinajstić information content (AvgIpc) is 4.24. The lowest BCUT2D eigenvalue weighted by Crippen LogP contribution is -2.29. The first kappa shape index (κ1) is 55.2. The van der Waals surface area contributed by atoms with Crippen LogP contribution in [0.15, 0.2) is 158 Å². The van der Waals surface area contributed by atoms with Crippen molar-refractivity contribution in [2.45, 2.75) is 69.3 Å². The number of hydrogen-bond donors (Lipinski definition) is 1. The van der Waals surface area contributed by atoms with E-state index in [2.05, 4.69) is 0 Å². The molecule has 2 aliphatic heterocycles. The van der Waals surface area contributed by atoms with E-state index >= 15 is 9.13 Å². The summed E-state index contributed by atoms with van der Waals surface area (Å²) in [5.74, 6) is 1.55. The molecule has 3 atom stereocenters. The van der Waals surface area contributed by atoms with Gasteiger partial charge < -0.3 is 42.7 Å². The Kier molecular flexibility index (Phi) is 22.0. The maximum atomic E-state index is 15.4. The zero-order chi connectivity index (χ0) is 39.8. The summed E-state index contributed by atoms with van der Waals surface area (Å²) in [5, 5.41) is 15.0. The highest BCUT2D eigenvalue weighted by molar-refractivity contribution is 7.86. The van der Waals surface area contributed by atoms with Gasteiger partial charge in [-0.15, -0.1) is 0 Å². The van der Waals surface area contributed by atoms with Crippen LogP contribution in [-0.4, -0.2) is 69.7 Å². The van der Waals surface area contributed by atoms with E-state index in [1.54, 1.807) is 18.2 Å². The van der Waals surface area contributed by atoms with E-state index in [-0.39, 0.29) is 76.6 Å². The third kappa shape index (κ3) is 13.1. The maximum Gasteiger partial charge on any atom is 0.174 e. The van der Waals surface area contributed by atoms with Crippen LogP contribution in [0.2, 0.25) is 0 Å². The number of ether oxygens (including phenoxy) is 6. The molecule has 2 fully saturated rings. The van der Waals surface area contributed by atoms with Crippen molar-refractivity contribution in [3.63, 3.8) is 0 Å². The van der Waals surface area contributed by atoms with Crippen LogP contribution in [0.1, 0.15) is 50.1 Å². The Morgan fingerprint density at radius 3 is 1.39 bits per heavy atom. The van der Waals surface area contributed by atoms with Crippen molar-refractivity contribution in [1.82, 2.24) is 0 Å². The van der Waals surface area contributed by atoms with Gasteiger partial charge in [0.2, 0.25) is 0 Å². The second-order valence-electron chi connectivity index (χ2n) is 14.3. The number of aliphatic hydroxyl groups is 1. The molecule has 0 bridgehead atoms. The molecule has 6 aromatic carbocycles. The fraction of sp³-hybridized carbons (Fsp3) is 0.321. The smallest absolute Gasteiger partial charge is 0.174 e. The third-order valence-corrected chi connectivity index (χ3v) is 16.3. The molecule has 0 spiro atoms. The second-order valence-corrected chi connectivity index (χ2v) is 19.8. The Bertz CT molecular complexity index is 2270. The molecule has 64 heavy (non-hydrogen) atoms. The SMILES string of the molecule is C.C.C.C.C.C.O=P(c1ccccc1)(c1ccccc1)c1cc(OCC2CO2)ccc1CCOCC(O)COc1ccc(OCC2CO2)c(P(=O)(c2ccccc2)c2ccccc2)c1. The highest BCUT2D eigenvalue weighted by atomic mass is 31.2. The molecule has 346 valence electrons. The fourth-order valence-electron chi connectivity index (χ4n) is 6.84. The van der Waals surface area contributed by atoms with Gasteiger partial charge in [0, 0.05) is 26.5 Å². The van der Waals surface area contributed by atoms with Gasteiger partial charge in [0.15, 0.2) is 14.3 Å². The van der Waals surface area contributed by atoms with E-state index in [4.69, 9.17) is 28.4 Å². The summed E-state index contributed by atoms with van der Waals surface area (Å²) in [7, 11) is -6.73. The number of benzene rings is 6. The van der Waals surface area contributed by atoms with Gasteiger partial charge in [0.1, 0.15) is 55.4 Å². The van der Waals surface area contributed by atoms with Crippen molar-refractivity contribution in [3.05, 3.63) is 163 Å². The van der Waals surface area contributed by atoms with Crippen LogP contribution < -0.4 is 46.0 Å². The molecule has 11 heteroatoms. The first-order valence-corrected chi connectivity index (χ1v) is 22.9. The van der Waals surface area contributed by atoms with E-state index in [1.807, 2.05) is 140 Å². The molecule has 1 N–H and O–H groups in total. The molecular formula is C53H70O9P2. The van der Waals surface area contributed by atoms with Crippen LogP contribution in [0.4, 0.5) is 0 Å². The van der Waals surface area contributed by atoms with Crippen molar-refractivity contribution in [3.8, 4) is 17.2 Å². The number of aliphatic hydroxyl groups excluding tert-OH is 1. The minimum atomic E-state index is -3.41. The van der Waals surface area contributed by atoms with Gasteiger partial charge in [0.25, 0.3) is 0 Å². The molecule has 0 aliphatic carbocycles. The van der Waals surface area contributed by atoms with E-state index in [0.29, 0.717) is 71.3 Å². The summed E-state index contributed by atoms with van der Waals surface area (Å²) >= 11 is 0. The Morgan fingerprint density at radius 1 is 0.516 bits per heavy atom. The molecule has 3 unspecified atom stereocenters. The first-order valence-electron chi connectivity index (χ1n) is 19.5. The Labute approximate surface area is 383 Å². The standard InChI is InChI=1S/C47H46O9P2.6CH4/c48-36(30-52-38-23-24-45(56-34-40-33-55-40)47(28-38)58(50,43-17-9-3-10-18-43)44-19-11-4-12-20-44)29-51-26-25-35-21-22-37(53-31-39-32-54-39)27-46(35)57(49,41-13-5-1-6-14-41)42-15-7-2-8-16-42;;;;;;/h1-24,27-28,36,39-40,48H,25-26,29-34H2;6*1H4. The van der Waals surface area contributed by atoms with Crippen LogP contribution in [-0.2, 0) is 29.8 Å². The van der Waals surface area contributed by atoms with Gasteiger partial charge in [-0.25, -0.2) is 0 Å². The molecule has 0 radical (unpaired) electrons. The molecule has 2 heterocycles. The zero-order valence-electron chi connectivity index (χ0n) is 32.0. The quantitative estimate of drug-likeness (QED) is 0.0455. The second kappa shape index (κ2) is 25.5. The van der Waals surface area contributed by atoms with Gasteiger partial charge in [-0.05, 0) is 42.3 Å². The molecule has 6 aromatic rings. The molecule has 9 nitrogen and oxygen atoms in total. The lowest BCUT2D eigenvalue weighted by molar-refractivity contribution is 0.0131. The molecule has 0 aromatic heterocycles. The zero-order valence-corrected chi connectivity index (χ0v) is 33.8. The Morgan fingerprint density at radius 2 is 0.922 bits per heavy atom. The van der Waals surface area contributed by atoms with Crippen LogP contribution in [0.25, 0.3) is 0 Å². The Hall–Kier alpha value is -4.98. The van der Waals surface area contributed by atoms with Gasteiger partial charge >= 0.3 is 0 Å². The maximum absolute atomic E-state index is 15.4. The molecular weight excluding hydrogens is 843 g/mol. The van der Waals surface area contributed by atoms with Crippen LogP contribution in [0.3, 0.4) is 0 Å². The third-order valence-electron chi connectivity index (χ3n) is 10.1. The van der Waals surface area contributed by atoms with Crippen molar-refractivity contribution in [1.29, 1.82) is 0 Å². The van der Waals surface area contributed by atoms with Crippen molar-refractivity contribution >= 4 is 46.1 Å². The van der Waals surface area contributed by atoms with E-state index < -0.39 is 20.4 Å². The summed E-state index contributed by atoms with van der Waals surface area (Å²) in [5.41, 5.74) is 0.862. The van der Waals surface area contributed by atoms with E-state index in [1.165, 1.54) is 0 Å². The minimum absolute atomic E-state index is 0. The monoisotopic (exact) mass is 912 g/mol. The van der Waals surface area contributed by atoms with Crippen LogP contribution in [0, 0.1) is 0 Å². The number of rotatable bonds is 20. The molecule has 8 rings (SSSR count). The van der Waals surface area contributed by atoms with Gasteiger partial charge in [-0.2, -0.15) is 0 Å². The van der Waals surface area contributed by atoms with Gasteiger partial charge in [0.05, 0.1) is 31.7 Å². The molecule has 0 saturated carbocycles. The summed E-state index contributed by atoms with van der Waals surface area (Å²) in [4.78, 5) is 0. The molecule has 0 amide bonds. The normalized spacial score (nSPS) is 15.1. The van der Waals surface area contributed by atoms with E-state index in [9.17, 15) is 5.11 Å². The summed E-state index contributed by atoms with van der Waals surface area (Å²) in [6.07, 6.45) is -0.420. The summed E-state index contributed by atoms with van der Waals surface area (Å²) < 4.78 is 65.9. The van der Waals surface area contributed by atoms with Crippen molar-refractivity contribution in [2.24, 2.45) is 0 Å². The lowest BCUT2D eigenvalue weighted by Gasteiger charge is -2.24. The Balaban J connectivity index is 0.00000235. The van der Waals surface area contributed by atoms with Crippen molar-refractivity contribution < 1.29 is 42.7 Å². The van der Waals surface area contributed by atoms with E-state index in [0.717, 1.165) is 16.2 Å². The lowest BCUT2D eigenvalue weighted by atomic mass is 10.1. The predicted octanol–water partition coefficient (Wildman–Crippen LogP) is 9.34. The minimum Gasteiger partial charge on any atom is -0.491 e. The largest absolute Gasteiger partial charge is 0.491 e. The van der Waals surface area contributed by atoms with Crippen LogP contribution >= 0.6 is 14.3 Å². The van der Waals surface area contributed by atoms with Crippen molar-refractivity contribution in [2.75, 3.05) is 46.2 Å². The number of epoxide rings is 2.